The summed E-state index contributed by atoms with van der Waals surface area (Å²) in [5, 5.41) is 4.03. The van der Waals surface area contributed by atoms with Crippen LogP contribution in [0.3, 0.4) is 0 Å². The van der Waals surface area contributed by atoms with Gasteiger partial charge in [-0.15, -0.1) is 0 Å². The molecule has 188 valence electrons. The molecule has 8 nitrogen and oxygen atoms in total. The van der Waals surface area contributed by atoms with Crippen molar-refractivity contribution in [3.8, 4) is 11.5 Å². The molecule has 0 radical (unpaired) electrons. The zero-order chi connectivity index (χ0) is 25.4. The van der Waals surface area contributed by atoms with Crippen molar-refractivity contribution in [3.05, 3.63) is 89.5 Å². The van der Waals surface area contributed by atoms with Crippen LogP contribution in [0.5, 0.6) is 11.5 Å². The van der Waals surface area contributed by atoms with Gasteiger partial charge in [0.15, 0.2) is 11.5 Å². The summed E-state index contributed by atoms with van der Waals surface area (Å²) < 4.78 is 38.6. The number of benzene rings is 3. The van der Waals surface area contributed by atoms with Gasteiger partial charge in [-0.1, -0.05) is 42.8 Å². The minimum absolute atomic E-state index is 0.108. The van der Waals surface area contributed by atoms with Gasteiger partial charge in [-0.2, -0.15) is 9.41 Å². The lowest BCUT2D eigenvalue weighted by molar-refractivity contribution is 0.0955. The summed E-state index contributed by atoms with van der Waals surface area (Å²) in [6.07, 6.45) is 4.21. The minimum Gasteiger partial charge on any atom is -0.493 e. The first-order valence-electron chi connectivity index (χ1n) is 11.8. The third-order valence-electron chi connectivity index (χ3n) is 5.85. The molecule has 0 aromatic heterocycles. The number of sulfonamides is 1. The first kappa shape index (κ1) is 25.4. The van der Waals surface area contributed by atoms with E-state index in [1.165, 1.54) is 22.7 Å². The minimum atomic E-state index is -3.63. The molecule has 0 unspecified atom stereocenters. The highest BCUT2D eigenvalue weighted by molar-refractivity contribution is 7.89. The maximum atomic E-state index is 12.9. The van der Waals surface area contributed by atoms with Crippen molar-refractivity contribution in [2.24, 2.45) is 5.10 Å². The lowest BCUT2D eigenvalue weighted by Gasteiger charge is -2.25. The summed E-state index contributed by atoms with van der Waals surface area (Å²) in [5.74, 6) is 0.627. The number of nitrogens with zero attached hydrogens (tertiary/aromatic N) is 2. The number of hydrogen-bond acceptors (Lipinski definition) is 6. The molecular weight excluding hydrogens is 478 g/mol. The molecule has 1 amide bonds. The van der Waals surface area contributed by atoms with Gasteiger partial charge in [-0.05, 0) is 60.4 Å². The topological polar surface area (TPSA) is 97.3 Å². The van der Waals surface area contributed by atoms with Gasteiger partial charge in [-0.25, -0.2) is 13.8 Å². The van der Waals surface area contributed by atoms with Gasteiger partial charge < -0.3 is 9.47 Å². The molecule has 1 aliphatic rings. The van der Waals surface area contributed by atoms with E-state index >= 15 is 0 Å². The second-order valence-corrected chi connectivity index (χ2v) is 10.3. The normalized spacial score (nSPS) is 14.5. The Balaban J connectivity index is 1.42. The molecular formula is C27H29N3O5S. The third kappa shape index (κ3) is 6.30. The molecule has 1 aliphatic heterocycles. The van der Waals surface area contributed by atoms with E-state index in [2.05, 4.69) is 10.5 Å². The Labute approximate surface area is 211 Å². The second-order valence-electron chi connectivity index (χ2n) is 8.38. The fraction of sp³-hybridized carbons (Fsp3) is 0.259. The fourth-order valence-corrected chi connectivity index (χ4v) is 5.47. The number of carbonyl (C=O) groups is 1. The molecule has 0 saturated carbocycles. The van der Waals surface area contributed by atoms with E-state index in [1.54, 1.807) is 37.4 Å². The molecule has 0 aliphatic carbocycles. The average Bonchev–Trinajstić information content (AvgIpc) is 2.93. The van der Waals surface area contributed by atoms with E-state index in [0.717, 1.165) is 24.8 Å². The van der Waals surface area contributed by atoms with E-state index in [4.69, 9.17) is 9.47 Å². The Morgan fingerprint density at radius 2 is 1.75 bits per heavy atom. The van der Waals surface area contributed by atoms with E-state index in [0.29, 0.717) is 36.8 Å². The number of amides is 1. The third-order valence-corrected chi connectivity index (χ3v) is 7.75. The summed E-state index contributed by atoms with van der Waals surface area (Å²) >= 11 is 0. The van der Waals surface area contributed by atoms with E-state index in [-0.39, 0.29) is 10.5 Å². The van der Waals surface area contributed by atoms with Gasteiger partial charge in [0.2, 0.25) is 10.0 Å². The molecule has 1 saturated heterocycles. The predicted molar refractivity (Wildman–Crippen MR) is 138 cm³/mol. The fourth-order valence-electron chi connectivity index (χ4n) is 3.90. The van der Waals surface area contributed by atoms with Crippen LogP contribution in [0.1, 0.15) is 40.7 Å². The predicted octanol–water partition coefficient (Wildman–Crippen LogP) is 4.21. The maximum absolute atomic E-state index is 12.9. The highest BCUT2D eigenvalue weighted by atomic mass is 32.2. The smallest absolute Gasteiger partial charge is 0.271 e. The lowest BCUT2D eigenvalue weighted by Crippen LogP contribution is -2.35. The van der Waals surface area contributed by atoms with Crippen LogP contribution in [-0.2, 0) is 16.6 Å². The van der Waals surface area contributed by atoms with Crippen LogP contribution in [0, 0.1) is 0 Å². The molecule has 1 N–H and O–H groups in total. The van der Waals surface area contributed by atoms with Crippen LogP contribution in [0.4, 0.5) is 0 Å². The average molecular weight is 508 g/mol. The zero-order valence-corrected chi connectivity index (χ0v) is 20.9. The van der Waals surface area contributed by atoms with Crippen molar-refractivity contribution in [1.29, 1.82) is 0 Å². The van der Waals surface area contributed by atoms with Crippen molar-refractivity contribution in [3.63, 3.8) is 0 Å². The number of methoxy groups -OCH3 is 1. The van der Waals surface area contributed by atoms with Crippen LogP contribution >= 0.6 is 0 Å². The van der Waals surface area contributed by atoms with Gasteiger partial charge in [0.25, 0.3) is 5.91 Å². The Kier molecular flexibility index (Phi) is 8.35. The molecule has 9 heteroatoms. The quantitative estimate of drug-likeness (QED) is 0.346. The lowest BCUT2D eigenvalue weighted by atomic mass is 10.2. The molecule has 3 aromatic carbocycles. The Morgan fingerprint density at radius 3 is 2.50 bits per heavy atom. The van der Waals surface area contributed by atoms with Gasteiger partial charge in [0.1, 0.15) is 6.61 Å². The molecule has 4 rings (SSSR count). The van der Waals surface area contributed by atoms with Gasteiger partial charge >= 0.3 is 0 Å². The molecule has 1 heterocycles. The Bertz CT molecular complexity index is 1320. The van der Waals surface area contributed by atoms with Gasteiger partial charge in [0, 0.05) is 18.7 Å². The first-order chi connectivity index (χ1) is 17.5. The summed E-state index contributed by atoms with van der Waals surface area (Å²) in [5.41, 5.74) is 4.39. The van der Waals surface area contributed by atoms with E-state index in [9.17, 15) is 13.2 Å². The molecule has 0 bridgehead atoms. The van der Waals surface area contributed by atoms with Crippen molar-refractivity contribution in [2.45, 2.75) is 30.8 Å². The molecule has 1 fully saturated rings. The van der Waals surface area contributed by atoms with E-state index < -0.39 is 15.9 Å². The zero-order valence-electron chi connectivity index (χ0n) is 20.1. The number of carbonyl (C=O) groups excluding carboxylic acids is 1. The van der Waals surface area contributed by atoms with Crippen LogP contribution in [0.2, 0.25) is 0 Å². The largest absolute Gasteiger partial charge is 0.493 e. The van der Waals surface area contributed by atoms with Gasteiger partial charge in [-0.3, -0.25) is 4.79 Å². The van der Waals surface area contributed by atoms with E-state index in [1.807, 2.05) is 30.3 Å². The second kappa shape index (κ2) is 11.8. The molecule has 3 aromatic rings. The van der Waals surface area contributed by atoms with Crippen molar-refractivity contribution in [2.75, 3.05) is 20.2 Å². The summed E-state index contributed by atoms with van der Waals surface area (Å²) in [7, 11) is -2.06. The number of hydrazone groups is 1. The number of nitrogens with one attached hydrogen (secondary N) is 1. The molecule has 36 heavy (non-hydrogen) atoms. The molecule has 0 atom stereocenters. The summed E-state index contributed by atoms with van der Waals surface area (Å²) in [6, 6.07) is 21.1. The monoisotopic (exact) mass is 507 g/mol. The highest BCUT2D eigenvalue weighted by Crippen LogP contribution is 2.28. The first-order valence-corrected chi connectivity index (χ1v) is 13.2. The number of rotatable bonds is 9. The standard InChI is InChI=1S/C27H29N3O5S/c1-34-25-14-13-22(17-26(25)35-20-21-9-4-2-5-10-21)19-28-29-27(31)23-11-8-12-24(18-23)36(32,33)30-15-6-3-7-16-30/h2,4-5,8-14,17-19H,3,6-7,15-16,20H2,1H3,(H,29,31). The summed E-state index contributed by atoms with van der Waals surface area (Å²) in [6.45, 7) is 1.38. The maximum Gasteiger partial charge on any atom is 0.271 e. The number of hydrogen-bond donors (Lipinski definition) is 1. The van der Waals surface area contributed by atoms with Crippen molar-refractivity contribution in [1.82, 2.24) is 9.73 Å². The molecule has 0 spiro atoms. The Morgan fingerprint density at radius 1 is 0.972 bits per heavy atom. The van der Waals surface area contributed by atoms with Crippen molar-refractivity contribution >= 4 is 22.1 Å². The highest BCUT2D eigenvalue weighted by Gasteiger charge is 2.26. The van der Waals surface area contributed by atoms with Crippen LogP contribution < -0.4 is 14.9 Å². The number of ether oxygens (including phenoxy) is 2. The SMILES string of the molecule is COc1ccc(C=NNC(=O)c2cccc(S(=O)(=O)N3CCCCC3)c2)cc1OCc1ccccc1. The van der Waals surface area contributed by atoms with Gasteiger partial charge in [0.05, 0.1) is 18.2 Å². The summed E-state index contributed by atoms with van der Waals surface area (Å²) in [4.78, 5) is 12.7. The van der Waals surface area contributed by atoms with Crippen LogP contribution in [0.15, 0.2) is 82.8 Å². The Hall–Kier alpha value is -3.69. The van der Waals surface area contributed by atoms with Crippen LogP contribution in [0.25, 0.3) is 0 Å². The van der Waals surface area contributed by atoms with Crippen LogP contribution in [-0.4, -0.2) is 45.0 Å². The number of piperidine rings is 1. The van der Waals surface area contributed by atoms with Crippen molar-refractivity contribution < 1.29 is 22.7 Å².